The summed E-state index contributed by atoms with van der Waals surface area (Å²) in [4.78, 5) is 0.130. The highest BCUT2D eigenvalue weighted by atomic mass is 35.5. The number of aryl methyl sites for hydroxylation is 2. The second-order valence-electron chi connectivity index (χ2n) is 4.44. The Kier molecular flexibility index (Phi) is 4.43. The van der Waals surface area contributed by atoms with Gasteiger partial charge in [-0.15, -0.1) is 0 Å². The maximum Gasteiger partial charge on any atom is 0.265 e. The van der Waals surface area contributed by atoms with Crippen LogP contribution >= 0.6 is 11.6 Å². The number of hydrogen-bond donors (Lipinski definition) is 2. The number of aromatic amines is 1. The van der Waals surface area contributed by atoms with Gasteiger partial charge in [0.1, 0.15) is 10.6 Å². The van der Waals surface area contributed by atoms with Gasteiger partial charge in [-0.05, 0) is 39.0 Å². The fourth-order valence-corrected chi connectivity index (χ4v) is 3.60. The van der Waals surface area contributed by atoms with Crippen LogP contribution in [0.25, 0.3) is 0 Å². The molecule has 0 unspecified atom stereocenters. The van der Waals surface area contributed by atoms with Crippen molar-refractivity contribution in [1.29, 1.82) is 0 Å². The zero-order valence-corrected chi connectivity index (χ0v) is 13.5. The number of ether oxygens (including phenoxy) is 1. The molecule has 0 saturated heterocycles. The number of nitrogens with zero attached hydrogens (tertiary/aromatic N) is 1. The molecule has 1 aromatic heterocycles. The van der Waals surface area contributed by atoms with Crippen molar-refractivity contribution in [3.63, 3.8) is 0 Å². The fraction of sp³-hybridized carbons (Fsp3) is 0.308. The molecule has 0 spiro atoms. The lowest BCUT2D eigenvalue weighted by atomic mass is 10.3. The molecule has 2 N–H and O–H groups in total. The predicted molar refractivity (Wildman–Crippen MR) is 81.5 cm³/mol. The molecule has 0 saturated carbocycles. The van der Waals surface area contributed by atoms with E-state index in [0.29, 0.717) is 34.5 Å². The third-order valence-corrected chi connectivity index (χ3v) is 4.68. The Bertz CT molecular complexity index is 737. The molecule has 0 aliphatic heterocycles. The second kappa shape index (κ2) is 5.95. The molecule has 0 amide bonds. The Morgan fingerprint density at radius 2 is 2.10 bits per heavy atom. The summed E-state index contributed by atoms with van der Waals surface area (Å²) in [5.41, 5.74) is 1.17. The SMILES string of the molecule is CCOc1ccc(Cl)cc1NS(=O)(=O)c1c(C)n[nH]c1C. The van der Waals surface area contributed by atoms with Crippen molar-refractivity contribution >= 4 is 27.3 Å². The molecule has 0 aliphatic carbocycles. The van der Waals surface area contributed by atoms with Crippen LogP contribution in [0.1, 0.15) is 18.3 Å². The molecule has 2 rings (SSSR count). The van der Waals surface area contributed by atoms with E-state index in [1.807, 2.05) is 6.92 Å². The number of hydrogen-bond acceptors (Lipinski definition) is 4. The molecule has 8 heteroatoms. The number of sulfonamides is 1. The maximum atomic E-state index is 12.5. The number of nitrogens with one attached hydrogen (secondary N) is 2. The van der Waals surface area contributed by atoms with Gasteiger partial charge in [-0.25, -0.2) is 8.42 Å². The van der Waals surface area contributed by atoms with Crippen molar-refractivity contribution in [2.75, 3.05) is 11.3 Å². The first kappa shape index (κ1) is 15.7. The van der Waals surface area contributed by atoms with Crippen LogP contribution in [0.15, 0.2) is 23.1 Å². The topological polar surface area (TPSA) is 84.1 Å². The largest absolute Gasteiger partial charge is 0.492 e. The molecule has 0 fully saturated rings. The molecule has 0 atom stereocenters. The van der Waals surface area contributed by atoms with E-state index < -0.39 is 10.0 Å². The highest BCUT2D eigenvalue weighted by molar-refractivity contribution is 7.92. The van der Waals surface area contributed by atoms with Crippen LogP contribution in [0.3, 0.4) is 0 Å². The number of H-pyrrole nitrogens is 1. The Hall–Kier alpha value is -1.73. The fourth-order valence-electron chi connectivity index (χ4n) is 2.00. The number of benzene rings is 1. The predicted octanol–water partition coefficient (Wildman–Crippen LogP) is 2.88. The minimum absolute atomic E-state index is 0.130. The number of anilines is 1. The molecule has 0 radical (unpaired) electrons. The van der Waals surface area contributed by atoms with Gasteiger partial charge < -0.3 is 4.74 Å². The molecule has 21 heavy (non-hydrogen) atoms. The summed E-state index contributed by atoms with van der Waals surface area (Å²) in [6.45, 7) is 5.51. The van der Waals surface area contributed by atoms with Crippen molar-refractivity contribution < 1.29 is 13.2 Å². The summed E-state index contributed by atoms with van der Waals surface area (Å²) in [6, 6.07) is 4.77. The second-order valence-corrected chi connectivity index (χ2v) is 6.50. The van der Waals surface area contributed by atoms with Gasteiger partial charge in [-0.1, -0.05) is 11.6 Å². The summed E-state index contributed by atoms with van der Waals surface area (Å²) < 4.78 is 32.9. The lowest BCUT2D eigenvalue weighted by Crippen LogP contribution is -2.15. The number of halogens is 1. The van der Waals surface area contributed by atoms with E-state index in [-0.39, 0.29) is 4.90 Å². The number of rotatable bonds is 5. The van der Waals surface area contributed by atoms with E-state index in [9.17, 15) is 8.42 Å². The molecular weight excluding hydrogens is 314 g/mol. The summed E-state index contributed by atoms with van der Waals surface area (Å²) in [5, 5.41) is 6.97. The van der Waals surface area contributed by atoms with Gasteiger partial charge in [0.2, 0.25) is 0 Å². The molecule has 0 aliphatic rings. The molecule has 0 bridgehead atoms. The van der Waals surface area contributed by atoms with Crippen LogP contribution < -0.4 is 9.46 Å². The first-order chi connectivity index (χ1) is 9.85. The zero-order chi connectivity index (χ0) is 15.6. The van der Waals surface area contributed by atoms with Gasteiger partial charge in [0.15, 0.2) is 0 Å². The van der Waals surface area contributed by atoms with Crippen LogP contribution in [0.4, 0.5) is 5.69 Å². The van der Waals surface area contributed by atoms with Crippen LogP contribution in [0.5, 0.6) is 5.75 Å². The Balaban J connectivity index is 2.44. The van der Waals surface area contributed by atoms with Crippen molar-refractivity contribution in [2.24, 2.45) is 0 Å². The Morgan fingerprint density at radius 3 is 2.67 bits per heavy atom. The Labute approximate surface area is 128 Å². The standard InChI is InChI=1S/C13H16ClN3O3S/c1-4-20-12-6-5-10(14)7-11(12)17-21(18,19)13-8(2)15-16-9(13)3/h5-7,17H,4H2,1-3H3,(H,15,16). The van der Waals surface area contributed by atoms with E-state index in [1.54, 1.807) is 26.0 Å². The molecular formula is C13H16ClN3O3S. The van der Waals surface area contributed by atoms with E-state index in [0.717, 1.165) is 0 Å². The summed E-state index contributed by atoms with van der Waals surface area (Å²) in [7, 11) is -3.77. The van der Waals surface area contributed by atoms with Crippen LogP contribution in [-0.4, -0.2) is 25.2 Å². The third-order valence-electron chi connectivity index (χ3n) is 2.82. The van der Waals surface area contributed by atoms with Gasteiger partial charge in [0, 0.05) is 5.02 Å². The smallest absolute Gasteiger partial charge is 0.265 e. The molecule has 6 nitrogen and oxygen atoms in total. The minimum atomic E-state index is -3.77. The summed E-state index contributed by atoms with van der Waals surface area (Å²) >= 11 is 5.92. The van der Waals surface area contributed by atoms with Gasteiger partial charge in [0.05, 0.1) is 23.7 Å². The van der Waals surface area contributed by atoms with E-state index in [2.05, 4.69) is 14.9 Å². The highest BCUT2D eigenvalue weighted by Gasteiger charge is 2.23. The van der Waals surface area contributed by atoms with Crippen LogP contribution in [0, 0.1) is 13.8 Å². The van der Waals surface area contributed by atoms with Gasteiger partial charge in [-0.3, -0.25) is 9.82 Å². The van der Waals surface area contributed by atoms with Crippen molar-refractivity contribution in [2.45, 2.75) is 25.7 Å². The van der Waals surface area contributed by atoms with Crippen LogP contribution in [0.2, 0.25) is 5.02 Å². The number of aromatic nitrogens is 2. The third kappa shape index (κ3) is 3.30. The first-order valence-electron chi connectivity index (χ1n) is 6.32. The maximum absolute atomic E-state index is 12.5. The Morgan fingerprint density at radius 1 is 1.38 bits per heavy atom. The van der Waals surface area contributed by atoms with Gasteiger partial charge in [0.25, 0.3) is 10.0 Å². The van der Waals surface area contributed by atoms with Gasteiger partial charge in [-0.2, -0.15) is 5.10 Å². The van der Waals surface area contributed by atoms with Crippen molar-refractivity contribution in [3.8, 4) is 5.75 Å². The first-order valence-corrected chi connectivity index (χ1v) is 8.18. The van der Waals surface area contributed by atoms with Gasteiger partial charge >= 0.3 is 0 Å². The summed E-state index contributed by atoms with van der Waals surface area (Å²) in [5.74, 6) is 0.421. The molecule has 114 valence electrons. The van der Waals surface area contributed by atoms with E-state index >= 15 is 0 Å². The summed E-state index contributed by atoms with van der Waals surface area (Å²) in [6.07, 6.45) is 0. The average molecular weight is 330 g/mol. The van der Waals surface area contributed by atoms with E-state index in [4.69, 9.17) is 16.3 Å². The average Bonchev–Trinajstić information content (AvgIpc) is 2.73. The lowest BCUT2D eigenvalue weighted by Gasteiger charge is -2.13. The molecule has 2 aromatic rings. The molecule has 1 aromatic carbocycles. The molecule has 1 heterocycles. The van der Waals surface area contributed by atoms with Crippen LogP contribution in [-0.2, 0) is 10.0 Å². The zero-order valence-electron chi connectivity index (χ0n) is 11.9. The van der Waals surface area contributed by atoms with Crippen molar-refractivity contribution in [3.05, 3.63) is 34.6 Å². The minimum Gasteiger partial charge on any atom is -0.492 e. The normalized spacial score (nSPS) is 11.4. The monoisotopic (exact) mass is 329 g/mol. The quantitative estimate of drug-likeness (QED) is 0.883. The van der Waals surface area contributed by atoms with E-state index in [1.165, 1.54) is 6.07 Å². The van der Waals surface area contributed by atoms with Crippen molar-refractivity contribution in [1.82, 2.24) is 10.2 Å². The highest BCUT2D eigenvalue weighted by Crippen LogP contribution is 2.31. The lowest BCUT2D eigenvalue weighted by molar-refractivity contribution is 0.342.